The monoisotopic (exact) mass is 217 g/mol. The molecule has 0 radical (unpaired) electrons. The zero-order valence-corrected chi connectivity index (χ0v) is 9.55. The van der Waals surface area contributed by atoms with Gasteiger partial charge >= 0.3 is 0 Å². The average molecular weight is 217 g/mol. The predicted octanol–water partition coefficient (Wildman–Crippen LogP) is 1.46. The van der Waals surface area contributed by atoms with Crippen molar-refractivity contribution in [1.82, 2.24) is 14.9 Å². The van der Waals surface area contributed by atoms with Gasteiger partial charge in [0.05, 0.1) is 24.1 Å². The van der Waals surface area contributed by atoms with E-state index in [1.165, 1.54) is 0 Å². The zero-order chi connectivity index (χ0) is 11.5. The number of allylic oxidation sites excluding steroid dienone is 1. The van der Waals surface area contributed by atoms with E-state index in [0.29, 0.717) is 13.0 Å². The molecule has 84 valence electrons. The van der Waals surface area contributed by atoms with Gasteiger partial charge in [-0.3, -0.25) is 14.8 Å². The number of rotatable bonds is 2. The lowest BCUT2D eigenvalue weighted by Crippen LogP contribution is -2.33. The first kappa shape index (κ1) is 10.8. The van der Waals surface area contributed by atoms with Crippen LogP contribution in [0, 0.1) is 6.92 Å². The smallest absolute Gasteiger partial charge is 0.159 e. The van der Waals surface area contributed by atoms with E-state index in [-0.39, 0.29) is 11.8 Å². The molecule has 0 N–H and O–H groups in total. The van der Waals surface area contributed by atoms with E-state index >= 15 is 0 Å². The number of aryl methyl sites for hydroxylation is 1. The summed E-state index contributed by atoms with van der Waals surface area (Å²) in [7, 11) is 0. The largest absolute Gasteiger partial charge is 0.368 e. The number of carbonyl (C=O) groups excluding carboxylic acids is 1. The van der Waals surface area contributed by atoms with Gasteiger partial charge in [-0.2, -0.15) is 0 Å². The fraction of sp³-hybridized carbons (Fsp3) is 0.417. The Morgan fingerprint density at radius 1 is 1.44 bits per heavy atom. The molecule has 1 aliphatic rings. The van der Waals surface area contributed by atoms with Gasteiger partial charge in [0.1, 0.15) is 0 Å². The van der Waals surface area contributed by atoms with Crippen LogP contribution in [-0.4, -0.2) is 26.7 Å². The normalized spacial score (nSPS) is 20.2. The van der Waals surface area contributed by atoms with Crippen molar-refractivity contribution >= 4 is 5.78 Å². The van der Waals surface area contributed by atoms with E-state index in [1.54, 1.807) is 18.5 Å². The van der Waals surface area contributed by atoms with Crippen molar-refractivity contribution < 1.29 is 4.79 Å². The molecule has 1 aromatic rings. The molecule has 0 amide bonds. The number of nitrogens with zero attached hydrogens (tertiary/aromatic N) is 3. The Morgan fingerprint density at radius 3 is 2.88 bits per heavy atom. The van der Waals surface area contributed by atoms with Crippen LogP contribution in [0.4, 0.5) is 0 Å². The molecule has 2 rings (SSSR count). The van der Waals surface area contributed by atoms with Gasteiger partial charge in [-0.1, -0.05) is 0 Å². The summed E-state index contributed by atoms with van der Waals surface area (Å²) in [5, 5.41) is 0. The van der Waals surface area contributed by atoms with Gasteiger partial charge in [0.15, 0.2) is 5.78 Å². The summed E-state index contributed by atoms with van der Waals surface area (Å²) >= 11 is 0. The van der Waals surface area contributed by atoms with Gasteiger partial charge in [0.25, 0.3) is 0 Å². The Morgan fingerprint density at radius 2 is 2.25 bits per heavy atom. The van der Waals surface area contributed by atoms with Crippen molar-refractivity contribution in [3.05, 3.63) is 36.1 Å². The summed E-state index contributed by atoms with van der Waals surface area (Å²) in [5.74, 6) is 0.193. The first-order valence-corrected chi connectivity index (χ1v) is 5.39. The lowest BCUT2D eigenvalue weighted by Gasteiger charge is -2.29. The van der Waals surface area contributed by atoms with E-state index in [4.69, 9.17) is 0 Å². The van der Waals surface area contributed by atoms with E-state index in [1.807, 2.05) is 20.0 Å². The third kappa shape index (κ3) is 2.45. The van der Waals surface area contributed by atoms with Gasteiger partial charge in [-0.05, 0) is 19.9 Å². The maximum Gasteiger partial charge on any atom is 0.159 e. The van der Waals surface area contributed by atoms with Crippen molar-refractivity contribution in [3.8, 4) is 0 Å². The lowest BCUT2D eigenvalue weighted by atomic mass is 10.1. The summed E-state index contributed by atoms with van der Waals surface area (Å²) in [6, 6.07) is 0.237. The highest BCUT2D eigenvalue weighted by Crippen LogP contribution is 2.14. The number of aromatic nitrogens is 2. The van der Waals surface area contributed by atoms with E-state index in [0.717, 1.165) is 11.4 Å². The summed E-state index contributed by atoms with van der Waals surface area (Å²) in [5.41, 5.74) is 1.85. The number of ketones is 1. The van der Waals surface area contributed by atoms with Crippen molar-refractivity contribution in [2.75, 3.05) is 0 Å². The molecule has 0 saturated heterocycles. The van der Waals surface area contributed by atoms with Gasteiger partial charge in [0, 0.05) is 24.9 Å². The summed E-state index contributed by atoms with van der Waals surface area (Å²) < 4.78 is 0. The second kappa shape index (κ2) is 4.43. The van der Waals surface area contributed by atoms with Crippen molar-refractivity contribution in [2.45, 2.75) is 32.9 Å². The molecule has 0 fully saturated rings. The van der Waals surface area contributed by atoms with Crippen molar-refractivity contribution in [2.24, 2.45) is 0 Å². The third-order valence-electron chi connectivity index (χ3n) is 2.69. The van der Waals surface area contributed by atoms with Crippen molar-refractivity contribution in [3.63, 3.8) is 0 Å². The van der Waals surface area contributed by atoms with Crippen LogP contribution in [-0.2, 0) is 11.3 Å². The highest BCUT2D eigenvalue weighted by Gasteiger charge is 2.18. The highest BCUT2D eigenvalue weighted by atomic mass is 16.1. The minimum absolute atomic E-state index is 0.193. The molecular formula is C12H15N3O. The van der Waals surface area contributed by atoms with Crippen LogP contribution >= 0.6 is 0 Å². The van der Waals surface area contributed by atoms with Crippen LogP contribution in [0.15, 0.2) is 24.7 Å². The van der Waals surface area contributed by atoms with Crippen molar-refractivity contribution in [1.29, 1.82) is 0 Å². The Kier molecular flexibility index (Phi) is 2.99. The van der Waals surface area contributed by atoms with Crippen LogP contribution in [0.3, 0.4) is 0 Å². The van der Waals surface area contributed by atoms with Gasteiger partial charge in [-0.25, -0.2) is 0 Å². The van der Waals surface area contributed by atoms with Gasteiger partial charge in [-0.15, -0.1) is 0 Å². The van der Waals surface area contributed by atoms with Gasteiger partial charge in [0.2, 0.25) is 0 Å². The maximum atomic E-state index is 11.2. The predicted molar refractivity (Wildman–Crippen MR) is 60.5 cm³/mol. The molecule has 1 aromatic heterocycles. The minimum atomic E-state index is 0.193. The number of carbonyl (C=O) groups is 1. The molecule has 1 unspecified atom stereocenters. The fourth-order valence-corrected chi connectivity index (χ4v) is 1.70. The number of hydrogen-bond acceptors (Lipinski definition) is 4. The van der Waals surface area contributed by atoms with Gasteiger partial charge < -0.3 is 4.90 Å². The molecule has 1 aliphatic heterocycles. The second-order valence-corrected chi connectivity index (χ2v) is 4.16. The molecular weight excluding hydrogens is 202 g/mol. The first-order chi connectivity index (χ1) is 7.65. The van der Waals surface area contributed by atoms with Crippen LogP contribution in [0.1, 0.15) is 24.7 Å². The summed E-state index contributed by atoms with van der Waals surface area (Å²) in [6.07, 6.45) is 7.60. The average Bonchev–Trinajstić information content (AvgIpc) is 2.25. The molecule has 0 aromatic carbocycles. The molecule has 2 heterocycles. The summed E-state index contributed by atoms with van der Waals surface area (Å²) in [6.45, 7) is 4.67. The van der Waals surface area contributed by atoms with E-state index in [2.05, 4.69) is 14.9 Å². The molecule has 0 spiro atoms. The second-order valence-electron chi connectivity index (χ2n) is 4.16. The van der Waals surface area contributed by atoms with Crippen LogP contribution in [0.25, 0.3) is 0 Å². The zero-order valence-electron chi connectivity index (χ0n) is 9.55. The molecule has 1 atom stereocenters. The molecule has 0 bridgehead atoms. The standard InChI is InChI=1S/C12H15N3O/c1-9-6-14-11(7-13-9)8-15-4-3-12(16)5-10(15)2/h3-4,6-7,10H,5,8H2,1-2H3. The lowest BCUT2D eigenvalue weighted by molar-refractivity contribution is -0.116. The molecule has 16 heavy (non-hydrogen) atoms. The Bertz CT molecular complexity index is 411. The van der Waals surface area contributed by atoms with Crippen LogP contribution in [0.2, 0.25) is 0 Å². The maximum absolute atomic E-state index is 11.2. The molecule has 4 heteroatoms. The summed E-state index contributed by atoms with van der Waals surface area (Å²) in [4.78, 5) is 21.8. The van der Waals surface area contributed by atoms with Crippen LogP contribution in [0.5, 0.6) is 0 Å². The molecule has 4 nitrogen and oxygen atoms in total. The topological polar surface area (TPSA) is 46.1 Å². The Labute approximate surface area is 95.0 Å². The quantitative estimate of drug-likeness (QED) is 0.752. The SMILES string of the molecule is Cc1cnc(CN2C=CC(=O)CC2C)cn1. The third-order valence-corrected chi connectivity index (χ3v) is 2.69. The van der Waals surface area contributed by atoms with E-state index < -0.39 is 0 Å². The minimum Gasteiger partial charge on any atom is -0.368 e. The Hall–Kier alpha value is -1.71. The number of hydrogen-bond donors (Lipinski definition) is 0. The fourth-order valence-electron chi connectivity index (χ4n) is 1.70. The van der Waals surface area contributed by atoms with Crippen LogP contribution < -0.4 is 0 Å². The Balaban J connectivity index is 2.07. The molecule has 0 aliphatic carbocycles. The highest BCUT2D eigenvalue weighted by molar-refractivity contribution is 5.90. The van der Waals surface area contributed by atoms with E-state index in [9.17, 15) is 4.79 Å². The molecule has 0 saturated carbocycles. The first-order valence-electron chi connectivity index (χ1n) is 5.39.